The van der Waals surface area contributed by atoms with Crippen molar-refractivity contribution in [3.8, 4) is 0 Å². The zero-order valence-electron chi connectivity index (χ0n) is 13.1. The third-order valence-corrected chi connectivity index (χ3v) is 5.04. The van der Waals surface area contributed by atoms with E-state index in [-0.39, 0.29) is 31.9 Å². The van der Waals surface area contributed by atoms with Gasteiger partial charge in [-0.3, -0.25) is 0 Å². The molecule has 2 aromatic carbocycles. The molecule has 0 atom stereocenters. The van der Waals surface area contributed by atoms with Crippen molar-refractivity contribution in [1.29, 1.82) is 0 Å². The van der Waals surface area contributed by atoms with Crippen LogP contribution in [-0.2, 0) is 0 Å². The highest BCUT2D eigenvalue weighted by Gasteiger charge is 2.11. The molecule has 2 nitrogen and oxygen atoms in total. The first-order valence-electron chi connectivity index (χ1n) is 6.83. The van der Waals surface area contributed by atoms with Gasteiger partial charge in [0.2, 0.25) is 0 Å². The molecule has 0 amide bonds. The molecule has 0 saturated carbocycles. The molecular formula is C17H26IN2P. The van der Waals surface area contributed by atoms with Crippen LogP contribution >= 0.6 is 31.9 Å². The van der Waals surface area contributed by atoms with Crippen LogP contribution in [-0.4, -0.2) is 38.7 Å². The van der Waals surface area contributed by atoms with Crippen LogP contribution < -0.4 is 16.3 Å². The predicted octanol–water partition coefficient (Wildman–Crippen LogP) is 2.87. The van der Waals surface area contributed by atoms with Crippen molar-refractivity contribution in [1.82, 2.24) is 4.90 Å². The van der Waals surface area contributed by atoms with E-state index in [4.69, 9.17) is 5.73 Å². The van der Waals surface area contributed by atoms with E-state index in [1.165, 1.54) is 10.6 Å². The molecule has 0 fully saturated rings. The van der Waals surface area contributed by atoms with Crippen LogP contribution in [0.3, 0.4) is 0 Å². The fourth-order valence-electron chi connectivity index (χ4n) is 1.75. The molecule has 116 valence electrons. The van der Waals surface area contributed by atoms with Crippen LogP contribution in [0, 0.1) is 0 Å². The van der Waals surface area contributed by atoms with Gasteiger partial charge >= 0.3 is 0 Å². The molecule has 0 aliphatic carbocycles. The SMILES string of the molecule is CN(C)C.I.NCCP(c1ccccc1)c1ccccc1. The third kappa shape index (κ3) is 8.52. The van der Waals surface area contributed by atoms with E-state index in [0.29, 0.717) is 0 Å². The molecule has 21 heavy (non-hydrogen) atoms. The van der Waals surface area contributed by atoms with Crippen molar-refractivity contribution >= 4 is 42.5 Å². The van der Waals surface area contributed by atoms with Gasteiger partial charge in [0, 0.05) is 0 Å². The number of rotatable bonds is 4. The average Bonchev–Trinajstić information content (AvgIpc) is 2.46. The van der Waals surface area contributed by atoms with Crippen molar-refractivity contribution < 1.29 is 0 Å². The fourth-order valence-corrected chi connectivity index (χ4v) is 3.89. The average molecular weight is 416 g/mol. The molecule has 0 aliphatic heterocycles. The van der Waals surface area contributed by atoms with E-state index in [9.17, 15) is 0 Å². The lowest BCUT2D eigenvalue weighted by Crippen LogP contribution is -2.18. The number of nitrogens with two attached hydrogens (primary N) is 1. The van der Waals surface area contributed by atoms with Gasteiger partial charge in [-0.25, -0.2) is 0 Å². The van der Waals surface area contributed by atoms with Crippen molar-refractivity contribution in [2.24, 2.45) is 5.73 Å². The third-order valence-electron chi connectivity index (χ3n) is 2.49. The number of hydrogen-bond donors (Lipinski definition) is 1. The number of halogens is 1. The Hall–Kier alpha value is -0.480. The van der Waals surface area contributed by atoms with Crippen LogP contribution in [0.2, 0.25) is 0 Å². The summed E-state index contributed by atoms with van der Waals surface area (Å²) in [5, 5.41) is 2.82. The van der Waals surface area contributed by atoms with E-state index >= 15 is 0 Å². The van der Waals surface area contributed by atoms with Gasteiger partial charge in [-0.2, -0.15) is 0 Å². The maximum Gasteiger partial charge on any atom is -0.00318 e. The second-order valence-electron chi connectivity index (χ2n) is 4.95. The van der Waals surface area contributed by atoms with Gasteiger partial charge in [0.1, 0.15) is 0 Å². The molecule has 2 N–H and O–H groups in total. The van der Waals surface area contributed by atoms with E-state index in [0.717, 1.165) is 12.7 Å². The molecule has 2 aromatic rings. The van der Waals surface area contributed by atoms with E-state index in [1.807, 2.05) is 26.0 Å². The van der Waals surface area contributed by atoms with E-state index in [2.05, 4.69) is 60.7 Å². The summed E-state index contributed by atoms with van der Waals surface area (Å²) >= 11 is 0. The second kappa shape index (κ2) is 12.1. The second-order valence-corrected chi connectivity index (χ2v) is 7.29. The van der Waals surface area contributed by atoms with Crippen LogP contribution in [0.1, 0.15) is 0 Å². The standard InChI is InChI=1S/C14H16NP.C3H9N.HI/c15-11-12-16(13-7-3-1-4-8-13)14-9-5-2-6-10-14;1-4(2)3;/h1-10H,11-12,15H2;1-3H3;1H. The summed E-state index contributed by atoms with van der Waals surface area (Å²) < 4.78 is 0. The van der Waals surface area contributed by atoms with Gasteiger partial charge in [0.05, 0.1) is 0 Å². The summed E-state index contributed by atoms with van der Waals surface area (Å²) in [6, 6.07) is 21.3. The van der Waals surface area contributed by atoms with Gasteiger partial charge in [0.25, 0.3) is 0 Å². The van der Waals surface area contributed by atoms with Crippen LogP contribution in [0.25, 0.3) is 0 Å². The minimum atomic E-state index is -0.276. The van der Waals surface area contributed by atoms with Crippen LogP contribution in [0.15, 0.2) is 60.7 Å². The summed E-state index contributed by atoms with van der Waals surface area (Å²) in [7, 11) is 5.72. The Morgan fingerprint density at radius 1 is 0.810 bits per heavy atom. The lowest BCUT2D eigenvalue weighted by Gasteiger charge is -2.17. The molecule has 0 aliphatic rings. The first-order chi connectivity index (χ1) is 9.65. The summed E-state index contributed by atoms with van der Waals surface area (Å²) in [5.74, 6) is 0. The Morgan fingerprint density at radius 2 is 1.14 bits per heavy atom. The van der Waals surface area contributed by atoms with Gasteiger partial charge in [-0.15, -0.1) is 24.0 Å². The van der Waals surface area contributed by atoms with Crippen LogP contribution in [0.5, 0.6) is 0 Å². The molecule has 0 spiro atoms. The summed E-state index contributed by atoms with van der Waals surface area (Å²) in [6.07, 6.45) is 1.06. The lowest BCUT2D eigenvalue weighted by molar-refractivity contribution is 0.505. The molecule has 0 saturated heterocycles. The molecular weight excluding hydrogens is 390 g/mol. The summed E-state index contributed by atoms with van der Waals surface area (Å²) in [6.45, 7) is 0.746. The highest BCUT2D eigenvalue weighted by molar-refractivity contribution is 14.0. The van der Waals surface area contributed by atoms with E-state index in [1.54, 1.807) is 0 Å². The molecule has 2 rings (SSSR count). The minimum absolute atomic E-state index is 0. The maximum absolute atomic E-state index is 5.72. The monoisotopic (exact) mass is 416 g/mol. The number of benzene rings is 2. The first kappa shape index (κ1) is 20.5. The smallest absolute Gasteiger partial charge is 0.00318 e. The minimum Gasteiger partial charge on any atom is -0.330 e. The van der Waals surface area contributed by atoms with Gasteiger partial charge in [-0.05, 0) is 52.4 Å². The molecule has 0 radical (unpaired) electrons. The molecule has 0 aromatic heterocycles. The molecule has 0 unspecified atom stereocenters. The molecule has 4 heteroatoms. The zero-order chi connectivity index (χ0) is 14.8. The number of hydrogen-bond acceptors (Lipinski definition) is 2. The Balaban J connectivity index is 0.000000715. The molecule has 0 bridgehead atoms. The lowest BCUT2D eigenvalue weighted by atomic mass is 10.4. The van der Waals surface area contributed by atoms with Gasteiger partial charge in [-0.1, -0.05) is 60.7 Å². The normalized spacial score (nSPS) is 9.81. The summed E-state index contributed by atoms with van der Waals surface area (Å²) in [5.41, 5.74) is 5.72. The highest BCUT2D eigenvalue weighted by atomic mass is 127. The Labute approximate surface area is 147 Å². The Bertz CT molecular complexity index is 420. The maximum atomic E-state index is 5.72. The van der Waals surface area contributed by atoms with Crippen molar-refractivity contribution in [3.63, 3.8) is 0 Å². The van der Waals surface area contributed by atoms with Crippen molar-refractivity contribution in [2.75, 3.05) is 33.8 Å². The highest BCUT2D eigenvalue weighted by Crippen LogP contribution is 2.32. The van der Waals surface area contributed by atoms with Gasteiger partial charge < -0.3 is 10.6 Å². The number of nitrogens with zero attached hydrogens (tertiary/aromatic N) is 1. The Kier molecular flexibility index (Phi) is 11.8. The van der Waals surface area contributed by atoms with Crippen molar-refractivity contribution in [3.05, 3.63) is 60.7 Å². The van der Waals surface area contributed by atoms with Crippen LogP contribution in [0.4, 0.5) is 0 Å². The fraction of sp³-hybridized carbons (Fsp3) is 0.294. The molecule has 0 heterocycles. The topological polar surface area (TPSA) is 29.3 Å². The quantitative estimate of drug-likeness (QED) is 0.614. The summed E-state index contributed by atoms with van der Waals surface area (Å²) in [4.78, 5) is 2.00. The Morgan fingerprint density at radius 3 is 1.43 bits per heavy atom. The van der Waals surface area contributed by atoms with Gasteiger partial charge in [0.15, 0.2) is 0 Å². The largest absolute Gasteiger partial charge is 0.330 e. The van der Waals surface area contributed by atoms with E-state index < -0.39 is 0 Å². The predicted molar refractivity (Wildman–Crippen MR) is 108 cm³/mol. The van der Waals surface area contributed by atoms with Crippen molar-refractivity contribution in [2.45, 2.75) is 0 Å². The first-order valence-corrected chi connectivity index (χ1v) is 8.36. The zero-order valence-corrected chi connectivity index (χ0v) is 16.3.